The van der Waals surface area contributed by atoms with E-state index in [0.29, 0.717) is 16.6 Å². The fourth-order valence-electron chi connectivity index (χ4n) is 2.07. The third kappa shape index (κ3) is 2.29. The van der Waals surface area contributed by atoms with Gasteiger partial charge in [-0.2, -0.15) is 0 Å². The molecule has 7 heteroatoms. The Hall–Kier alpha value is -1.89. The van der Waals surface area contributed by atoms with Crippen molar-refractivity contribution in [2.75, 3.05) is 0 Å². The van der Waals surface area contributed by atoms with Crippen molar-refractivity contribution in [3.63, 3.8) is 0 Å². The monoisotopic (exact) mass is 306 g/mol. The van der Waals surface area contributed by atoms with Crippen molar-refractivity contribution in [2.45, 2.75) is 6.54 Å². The summed E-state index contributed by atoms with van der Waals surface area (Å²) in [5.74, 6) is 4.71. The lowest BCUT2D eigenvalue weighted by atomic mass is 10.2. The molecule has 20 heavy (non-hydrogen) atoms. The molecule has 1 aromatic carbocycles. The summed E-state index contributed by atoms with van der Waals surface area (Å²) < 4.78 is 2.01. The van der Waals surface area contributed by atoms with Gasteiger partial charge in [0.05, 0.1) is 22.8 Å². The first kappa shape index (κ1) is 13.1. The van der Waals surface area contributed by atoms with E-state index in [0.717, 1.165) is 16.6 Å². The number of amides is 1. The zero-order valence-corrected chi connectivity index (χ0v) is 11.9. The molecule has 3 N–H and O–H groups in total. The van der Waals surface area contributed by atoms with Crippen LogP contribution in [-0.4, -0.2) is 15.5 Å². The number of benzene rings is 1. The van der Waals surface area contributed by atoms with Gasteiger partial charge in [0.25, 0.3) is 5.91 Å². The number of thiazole rings is 1. The second-order valence-electron chi connectivity index (χ2n) is 4.24. The second kappa shape index (κ2) is 5.24. The maximum Gasteiger partial charge on any atom is 0.294 e. The normalized spacial score (nSPS) is 10.9. The molecule has 5 nitrogen and oxygen atoms in total. The minimum atomic E-state index is -0.378. The zero-order chi connectivity index (χ0) is 14.1. The molecule has 2 heterocycles. The van der Waals surface area contributed by atoms with Crippen LogP contribution in [0.4, 0.5) is 0 Å². The summed E-state index contributed by atoms with van der Waals surface area (Å²) in [6.07, 6.45) is 1.96. The lowest BCUT2D eigenvalue weighted by Gasteiger charge is -2.04. The van der Waals surface area contributed by atoms with Gasteiger partial charge in [0.2, 0.25) is 0 Å². The average Bonchev–Trinajstić information content (AvgIpc) is 3.07. The smallest absolute Gasteiger partial charge is 0.294 e. The van der Waals surface area contributed by atoms with Gasteiger partial charge in [-0.1, -0.05) is 23.7 Å². The summed E-state index contributed by atoms with van der Waals surface area (Å²) in [6.45, 7) is 0.557. The number of carbonyl (C=O) groups excluding carboxylic acids is 1. The Labute approximate surface area is 124 Å². The number of carbonyl (C=O) groups is 1. The molecular formula is C13H11ClN4OS. The molecule has 102 valence electrons. The van der Waals surface area contributed by atoms with Gasteiger partial charge < -0.3 is 4.57 Å². The molecule has 0 radical (unpaired) electrons. The van der Waals surface area contributed by atoms with Crippen LogP contribution < -0.4 is 11.3 Å². The van der Waals surface area contributed by atoms with Crippen molar-refractivity contribution in [3.05, 3.63) is 51.6 Å². The Morgan fingerprint density at radius 2 is 2.30 bits per heavy atom. The SMILES string of the molecule is NNC(=O)c1nc(Cn2ccc3cccc(Cl)c32)cs1. The number of halogens is 1. The minimum Gasteiger partial charge on any atom is -0.340 e. The van der Waals surface area contributed by atoms with Gasteiger partial charge in [-0.15, -0.1) is 11.3 Å². The fourth-order valence-corrected chi connectivity index (χ4v) is 3.07. The predicted molar refractivity (Wildman–Crippen MR) is 79.8 cm³/mol. The molecule has 1 amide bonds. The van der Waals surface area contributed by atoms with Crippen molar-refractivity contribution in [1.82, 2.24) is 15.0 Å². The van der Waals surface area contributed by atoms with Crippen molar-refractivity contribution in [2.24, 2.45) is 5.84 Å². The van der Waals surface area contributed by atoms with E-state index in [4.69, 9.17) is 17.4 Å². The molecule has 0 aliphatic heterocycles. The molecule has 0 fully saturated rings. The van der Waals surface area contributed by atoms with Gasteiger partial charge in [-0.05, 0) is 12.1 Å². The van der Waals surface area contributed by atoms with Gasteiger partial charge >= 0.3 is 0 Å². The highest BCUT2D eigenvalue weighted by molar-refractivity contribution is 7.11. The first-order valence-electron chi connectivity index (χ1n) is 5.88. The lowest BCUT2D eigenvalue weighted by Crippen LogP contribution is -2.29. The highest BCUT2D eigenvalue weighted by atomic mass is 35.5. The van der Waals surface area contributed by atoms with Gasteiger partial charge in [0.1, 0.15) is 0 Å². The Bertz CT molecular complexity index is 780. The first-order valence-corrected chi connectivity index (χ1v) is 7.13. The van der Waals surface area contributed by atoms with Crippen LogP contribution in [0.5, 0.6) is 0 Å². The van der Waals surface area contributed by atoms with E-state index in [1.54, 1.807) is 0 Å². The van der Waals surface area contributed by atoms with Crippen LogP contribution in [0.1, 0.15) is 15.5 Å². The number of hydrogen-bond donors (Lipinski definition) is 2. The van der Waals surface area contributed by atoms with Crippen LogP contribution in [0.3, 0.4) is 0 Å². The van der Waals surface area contributed by atoms with Gasteiger partial charge in [0.15, 0.2) is 5.01 Å². The fraction of sp³-hybridized carbons (Fsp3) is 0.0769. The van der Waals surface area contributed by atoms with Crippen molar-refractivity contribution in [3.8, 4) is 0 Å². The molecule has 0 saturated carbocycles. The van der Waals surface area contributed by atoms with Crippen LogP contribution in [0, 0.1) is 0 Å². The highest BCUT2D eigenvalue weighted by Gasteiger charge is 2.11. The quantitative estimate of drug-likeness (QED) is 0.443. The summed E-state index contributed by atoms with van der Waals surface area (Å²) in [6, 6.07) is 7.78. The van der Waals surface area contributed by atoms with Crippen LogP contribution in [-0.2, 0) is 6.54 Å². The predicted octanol–water partition coefficient (Wildman–Crippen LogP) is 2.40. The topological polar surface area (TPSA) is 72.9 Å². The van der Waals surface area contributed by atoms with E-state index < -0.39 is 0 Å². The Kier molecular flexibility index (Phi) is 3.43. The molecule has 0 saturated heterocycles. The minimum absolute atomic E-state index is 0.352. The number of nitrogens with one attached hydrogen (secondary N) is 1. The third-order valence-electron chi connectivity index (χ3n) is 2.95. The van der Waals surface area contributed by atoms with Crippen LogP contribution in [0.15, 0.2) is 35.8 Å². The number of aromatic nitrogens is 2. The summed E-state index contributed by atoms with van der Waals surface area (Å²) >= 11 is 7.49. The van der Waals surface area contributed by atoms with E-state index in [9.17, 15) is 4.79 Å². The Morgan fingerprint density at radius 1 is 1.45 bits per heavy atom. The van der Waals surface area contributed by atoms with Crippen LogP contribution in [0.25, 0.3) is 10.9 Å². The first-order chi connectivity index (χ1) is 9.69. The van der Waals surface area contributed by atoms with Gasteiger partial charge in [-0.3, -0.25) is 10.2 Å². The van der Waals surface area contributed by atoms with Crippen molar-refractivity contribution < 1.29 is 4.79 Å². The van der Waals surface area contributed by atoms with Crippen LogP contribution in [0.2, 0.25) is 5.02 Å². The second-order valence-corrected chi connectivity index (χ2v) is 5.50. The number of fused-ring (bicyclic) bond motifs is 1. The van der Waals surface area contributed by atoms with E-state index in [2.05, 4.69) is 10.4 Å². The summed E-state index contributed by atoms with van der Waals surface area (Å²) in [5.41, 5.74) is 3.84. The largest absolute Gasteiger partial charge is 0.340 e. The Balaban J connectivity index is 1.93. The lowest BCUT2D eigenvalue weighted by molar-refractivity contribution is 0.0953. The van der Waals surface area contributed by atoms with E-state index >= 15 is 0 Å². The number of hydrazine groups is 1. The molecule has 0 spiro atoms. The zero-order valence-electron chi connectivity index (χ0n) is 10.3. The molecule has 0 aliphatic carbocycles. The number of nitrogens with zero attached hydrogens (tertiary/aromatic N) is 2. The molecule has 0 unspecified atom stereocenters. The molecule has 3 rings (SSSR count). The highest BCUT2D eigenvalue weighted by Crippen LogP contribution is 2.25. The molecule has 0 atom stereocenters. The van der Waals surface area contributed by atoms with Crippen molar-refractivity contribution >= 4 is 39.7 Å². The van der Waals surface area contributed by atoms with E-state index in [1.807, 2.05) is 40.4 Å². The summed E-state index contributed by atoms with van der Waals surface area (Å²) in [7, 11) is 0. The maximum atomic E-state index is 11.4. The van der Waals surface area contributed by atoms with E-state index in [-0.39, 0.29) is 5.91 Å². The third-order valence-corrected chi connectivity index (χ3v) is 4.14. The summed E-state index contributed by atoms with van der Waals surface area (Å²) in [4.78, 5) is 15.6. The van der Waals surface area contributed by atoms with E-state index in [1.165, 1.54) is 11.3 Å². The average molecular weight is 307 g/mol. The van der Waals surface area contributed by atoms with Crippen molar-refractivity contribution in [1.29, 1.82) is 0 Å². The number of para-hydroxylation sites is 1. The molecule has 3 aromatic rings. The van der Waals surface area contributed by atoms with Gasteiger partial charge in [0, 0.05) is 17.0 Å². The molecule has 2 aromatic heterocycles. The maximum absolute atomic E-state index is 11.4. The number of nitrogens with two attached hydrogens (primary N) is 1. The Morgan fingerprint density at radius 3 is 3.10 bits per heavy atom. The number of nitrogen functional groups attached to an aromatic ring is 1. The standard InChI is InChI=1S/C13H11ClN4OS/c14-10-3-1-2-8-4-5-18(11(8)10)6-9-7-20-13(16-9)12(19)17-15/h1-5,7H,6,15H2,(H,17,19). The molecule has 0 bridgehead atoms. The number of rotatable bonds is 3. The van der Waals surface area contributed by atoms with Crippen LogP contribution >= 0.6 is 22.9 Å². The molecular weight excluding hydrogens is 296 g/mol. The molecule has 0 aliphatic rings. The summed E-state index contributed by atoms with van der Waals surface area (Å²) in [5, 5.41) is 3.97. The number of hydrogen-bond acceptors (Lipinski definition) is 4. The van der Waals surface area contributed by atoms with Gasteiger partial charge in [-0.25, -0.2) is 10.8 Å².